The predicted molar refractivity (Wildman–Crippen MR) is 79.4 cm³/mol. The summed E-state index contributed by atoms with van der Waals surface area (Å²) in [5.41, 5.74) is 0.143. The summed E-state index contributed by atoms with van der Waals surface area (Å²) in [5.74, 6) is -1.75. The summed E-state index contributed by atoms with van der Waals surface area (Å²) in [6, 6.07) is 6.33. The first-order chi connectivity index (χ1) is 9.43. The molecule has 0 aliphatic rings. The normalized spacial score (nSPS) is 10.6. The number of benzene rings is 1. The van der Waals surface area contributed by atoms with Gasteiger partial charge in [0, 0.05) is 16.5 Å². The molecule has 1 unspecified atom stereocenters. The van der Waals surface area contributed by atoms with Crippen LogP contribution in [0.25, 0.3) is 0 Å². The van der Waals surface area contributed by atoms with E-state index < -0.39 is 11.9 Å². The number of halogens is 1. The van der Waals surface area contributed by atoms with Crippen LogP contribution in [0.5, 0.6) is 0 Å². The third-order valence-corrected chi connectivity index (χ3v) is 3.18. The smallest absolute Gasteiger partial charge is 0.337 e. The maximum absolute atomic E-state index is 10.4. The van der Waals surface area contributed by atoms with Crippen molar-refractivity contribution in [3.8, 4) is 0 Å². The molecule has 0 amide bonds. The molecule has 21 heavy (non-hydrogen) atoms. The van der Waals surface area contributed by atoms with Crippen LogP contribution in [0.3, 0.4) is 0 Å². The minimum absolute atomic E-state index is 0. The largest absolute Gasteiger partial charge is 0.481 e. The third-order valence-electron chi connectivity index (χ3n) is 2.85. The monoisotopic (exact) mass is 358 g/mol. The number of hydrogen-bond donors (Lipinski definition) is 2. The van der Waals surface area contributed by atoms with Crippen LogP contribution in [0, 0.1) is 5.92 Å². The fraction of sp³-hybridized carbons (Fsp3) is 0.467. The number of unbranched alkanes of at least 4 members (excludes halogenated alkanes) is 1. The Bertz CT molecular complexity index is 437. The molecule has 1 rings (SSSR count). The second-order valence-electron chi connectivity index (χ2n) is 4.37. The van der Waals surface area contributed by atoms with Gasteiger partial charge in [0.1, 0.15) is 0 Å². The van der Waals surface area contributed by atoms with Gasteiger partial charge in [-0.05, 0) is 25.0 Å². The maximum Gasteiger partial charge on any atom is 0.337 e. The van der Waals surface area contributed by atoms with Crippen molar-refractivity contribution in [2.75, 3.05) is 0 Å². The van der Waals surface area contributed by atoms with Crippen LogP contribution in [-0.2, 0) is 21.3 Å². The van der Waals surface area contributed by atoms with Crippen molar-refractivity contribution in [2.45, 2.75) is 39.5 Å². The van der Waals surface area contributed by atoms with Crippen LogP contribution >= 0.6 is 11.6 Å². The Hall–Kier alpha value is -1.06. The van der Waals surface area contributed by atoms with Gasteiger partial charge in [0.15, 0.2) is 0 Å². The second-order valence-corrected chi connectivity index (χ2v) is 4.78. The molecule has 1 atom stereocenters. The van der Waals surface area contributed by atoms with Gasteiger partial charge in [0.25, 0.3) is 0 Å². The van der Waals surface area contributed by atoms with Gasteiger partial charge in [0.2, 0.25) is 0 Å². The summed E-state index contributed by atoms with van der Waals surface area (Å²) in [7, 11) is 0. The van der Waals surface area contributed by atoms with E-state index in [1.807, 2.05) is 6.92 Å². The first-order valence-electron chi connectivity index (χ1n) is 6.64. The van der Waals surface area contributed by atoms with Gasteiger partial charge in [-0.15, -0.1) is 0 Å². The van der Waals surface area contributed by atoms with E-state index in [-0.39, 0.29) is 33.0 Å². The molecule has 0 saturated carbocycles. The van der Waals surface area contributed by atoms with Gasteiger partial charge in [0.05, 0.1) is 16.5 Å². The standard InChI is InChI=1S/C8H16O2.C7H5ClO2.Ni/c1-3-5-6-7(4-2)8(9)10;8-6-4-2-1-3-5(6)7(9)10;/h7H,3-6H2,1-2H3,(H,9,10);1-4H,(H,9,10);. The van der Waals surface area contributed by atoms with Crippen LogP contribution in [0.1, 0.15) is 49.9 Å². The predicted octanol–water partition coefficient (Wildman–Crippen LogP) is 4.32. The number of aromatic carboxylic acids is 1. The van der Waals surface area contributed by atoms with Crippen molar-refractivity contribution in [2.24, 2.45) is 5.92 Å². The average Bonchev–Trinajstić information content (AvgIpc) is 2.40. The Morgan fingerprint density at radius 3 is 2.10 bits per heavy atom. The number of rotatable bonds is 6. The van der Waals surface area contributed by atoms with E-state index in [4.69, 9.17) is 21.8 Å². The first-order valence-corrected chi connectivity index (χ1v) is 7.02. The molecular weight excluding hydrogens is 338 g/mol. The van der Waals surface area contributed by atoms with E-state index in [0.29, 0.717) is 0 Å². The quantitative estimate of drug-likeness (QED) is 0.742. The fourth-order valence-electron chi connectivity index (χ4n) is 1.59. The zero-order valence-corrected chi connectivity index (χ0v) is 13.9. The van der Waals surface area contributed by atoms with Crippen molar-refractivity contribution >= 4 is 23.5 Å². The van der Waals surface area contributed by atoms with E-state index >= 15 is 0 Å². The number of carboxylic acid groups (broad SMARTS) is 2. The molecular formula is C15H21ClNiO4. The molecule has 1 aromatic carbocycles. The molecule has 4 nitrogen and oxygen atoms in total. The maximum atomic E-state index is 10.4. The molecule has 122 valence electrons. The molecule has 1 aromatic rings. The molecule has 0 spiro atoms. The zero-order chi connectivity index (χ0) is 15.5. The number of carboxylic acids is 2. The van der Waals surface area contributed by atoms with E-state index in [0.717, 1.165) is 25.7 Å². The van der Waals surface area contributed by atoms with E-state index in [1.54, 1.807) is 18.2 Å². The van der Waals surface area contributed by atoms with Crippen molar-refractivity contribution in [1.82, 2.24) is 0 Å². The Morgan fingerprint density at radius 2 is 1.76 bits per heavy atom. The Balaban J connectivity index is 0. The van der Waals surface area contributed by atoms with E-state index in [9.17, 15) is 9.59 Å². The molecule has 0 saturated heterocycles. The number of carbonyl (C=O) groups is 2. The Labute approximate surface area is 140 Å². The third kappa shape index (κ3) is 9.49. The van der Waals surface area contributed by atoms with Gasteiger partial charge < -0.3 is 10.2 Å². The number of hydrogen-bond acceptors (Lipinski definition) is 2. The summed E-state index contributed by atoms with van der Waals surface area (Å²) < 4.78 is 0. The van der Waals surface area contributed by atoms with Crippen molar-refractivity contribution < 1.29 is 36.3 Å². The van der Waals surface area contributed by atoms with Gasteiger partial charge in [-0.25, -0.2) is 4.79 Å². The van der Waals surface area contributed by atoms with Crippen molar-refractivity contribution in [3.05, 3.63) is 34.9 Å². The summed E-state index contributed by atoms with van der Waals surface area (Å²) in [4.78, 5) is 20.8. The molecule has 2 N–H and O–H groups in total. The van der Waals surface area contributed by atoms with Crippen LogP contribution < -0.4 is 0 Å². The van der Waals surface area contributed by atoms with Crippen LogP contribution in [0.2, 0.25) is 5.02 Å². The summed E-state index contributed by atoms with van der Waals surface area (Å²) in [6.07, 6.45) is 3.71. The second kappa shape index (κ2) is 12.7. The first kappa shape index (κ1) is 22.2. The Kier molecular flexibility index (Phi) is 13.4. The summed E-state index contributed by atoms with van der Waals surface area (Å²) in [6.45, 7) is 4.00. The van der Waals surface area contributed by atoms with Gasteiger partial charge in [-0.3, -0.25) is 4.79 Å². The SMILES string of the molecule is CCCCC(CC)C(=O)O.O=C(O)c1ccccc1Cl.[Ni]. The van der Waals surface area contributed by atoms with Crippen LogP contribution in [0.15, 0.2) is 24.3 Å². The minimum Gasteiger partial charge on any atom is -0.481 e. The summed E-state index contributed by atoms with van der Waals surface area (Å²) >= 11 is 5.54. The van der Waals surface area contributed by atoms with Crippen LogP contribution in [0.4, 0.5) is 0 Å². The van der Waals surface area contributed by atoms with Gasteiger partial charge in [-0.1, -0.05) is 50.4 Å². The molecule has 0 aromatic heterocycles. The van der Waals surface area contributed by atoms with Crippen molar-refractivity contribution in [3.63, 3.8) is 0 Å². The molecule has 0 radical (unpaired) electrons. The molecule has 0 bridgehead atoms. The molecule has 6 heteroatoms. The topological polar surface area (TPSA) is 74.6 Å². The average molecular weight is 359 g/mol. The van der Waals surface area contributed by atoms with Crippen LogP contribution in [-0.4, -0.2) is 22.2 Å². The summed E-state index contributed by atoms with van der Waals surface area (Å²) in [5, 5.41) is 17.4. The molecule has 0 heterocycles. The molecule has 0 aliphatic heterocycles. The molecule has 0 aliphatic carbocycles. The van der Waals surface area contributed by atoms with E-state index in [2.05, 4.69) is 6.92 Å². The van der Waals surface area contributed by atoms with Crippen molar-refractivity contribution in [1.29, 1.82) is 0 Å². The van der Waals surface area contributed by atoms with Gasteiger partial charge >= 0.3 is 11.9 Å². The molecule has 0 fully saturated rings. The number of aliphatic carboxylic acids is 1. The Morgan fingerprint density at radius 1 is 1.19 bits per heavy atom. The van der Waals surface area contributed by atoms with Gasteiger partial charge in [-0.2, -0.15) is 0 Å². The zero-order valence-electron chi connectivity index (χ0n) is 12.1. The minimum atomic E-state index is -0.995. The fourth-order valence-corrected chi connectivity index (χ4v) is 1.80. The van der Waals surface area contributed by atoms with E-state index in [1.165, 1.54) is 6.07 Å².